The molecule has 1 aliphatic rings. The summed E-state index contributed by atoms with van der Waals surface area (Å²) in [6.07, 6.45) is 0. The van der Waals surface area contributed by atoms with Crippen molar-refractivity contribution in [3.8, 4) is 44.5 Å². The smallest absolute Gasteiger partial charge is 0.143 e. The van der Waals surface area contributed by atoms with Crippen molar-refractivity contribution in [3.05, 3.63) is 223 Å². The summed E-state index contributed by atoms with van der Waals surface area (Å²) in [6, 6.07) is 77.3. The van der Waals surface area contributed by atoms with Crippen LogP contribution in [0.3, 0.4) is 0 Å². The van der Waals surface area contributed by atoms with E-state index in [2.05, 4.69) is 231 Å². The van der Waals surface area contributed by atoms with Gasteiger partial charge in [-0.15, -0.1) is 0 Å². The van der Waals surface area contributed by atoms with E-state index in [1.54, 1.807) is 0 Å². The molecule has 0 fully saturated rings. The third-order valence-corrected chi connectivity index (χ3v) is 13.0. The minimum Gasteiger partial charge on any atom is -0.455 e. The summed E-state index contributed by atoms with van der Waals surface area (Å²) in [5.74, 6) is 0. The lowest BCUT2D eigenvalue weighted by Gasteiger charge is -2.28. The first-order valence-corrected chi connectivity index (χ1v) is 21.2. The number of hydrogen-bond donors (Lipinski definition) is 0. The second-order valence-corrected chi connectivity index (χ2v) is 16.9. The molecule has 2 heteroatoms. The Labute approximate surface area is 355 Å². The van der Waals surface area contributed by atoms with Crippen molar-refractivity contribution in [2.24, 2.45) is 0 Å². The largest absolute Gasteiger partial charge is 0.455 e. The fraction of sp³-hybridized carbons (Fsp3) is 0.0508. The van der Waals surface area contributed by atoms with Gasteiger partial charge in [0.1, 0.15) is 11.2 Å². The van der Waals surface area contributed by atoms with E-state index in [1.165, 1.54) is 66.1 Å². The molecule has 288 valence electrons. The Morgan fingerprint density at radius 2 is 0.902 bits per heavy atom. The average molecular weight is 780 g/mol. The Hall–Kier alpha value is -7.68. The first-order chi connectivity index (χ1) is 30.0. The molecule has 0 aliphatic heterocycles. The zero-order valence-electron chi connectivity index (χ0n) is 34.1. The van der Waals surface area contributed by atoms with Crippen molar-refractivity contribution in [2.45, 2.75) is 19.3 Å². The number of furan rings is 1. The van der Waals surface area contributed by atoms with Crippen molar-refractivity contribution in [1.29, 1.82) is 0 Å². The van der Waals surface area contributed by atoms with Crippen LogP contribution in [0.2, 0.25) is 0 Å². The molecule has 10 aromatic carbocycles. The number of rotatable bonds is 6. The number of hydrogen-bond acceptors (Lipinski definition) is 2. The van der Waals surface area contributed by atoms with Gasteiger partial charge in [-0.1, -0.05) is 184 Å². The van der Waals surface area contributed by atoms with Gasteiger partial charge in [0.25, 0.3) is 0 Å². The Morgan fingerprint density at radius 1 is 0.377 bits per heavy atom. The van der Waals surface area contributed by atoms with Crippen molar-refractivity contribution < 1.29 is 4.42 Å². The maximum absolute atomic E-state index is 6.81. The summed E-state index contributed by atoms with van der Waals surface area (Å²) >= 11 is 0. The first kappa shape index (κ1) is 35.3. The number of fused-ring (bicyclic) bond motifs is 8. The number of para-hydroxylation sites is 2. The van der Waals surface area contributed by atoms with Gasteiger partial charge in [0.15, 0.2) is 0 Å². The molecule has 0 saturated carbocycles. The molecule has 0 N–H and O–H groups in total. The molecule has 0 atom stereocenters. The highest BCUT2D eigenvalue weighted by atomic mass is 16.3. The molecule has 2 nitrogen and oxygen atoms in total. The van der Waals surface area contributed by atoms with Gasteiger partial charge in [-0.3, -0.25) is 0 Å². The van der Waals surface area contributed by atoms with Crippen molar-refractivity contribution >= 4 is 60.5 Å². The van der Waals surface area contributed by atoms with Crippen LogP contribution in [-0.4, -0.2) is 0 Å². The molecule has 61 heavy (non-hydrogen) atoms. The Morgan fingerprint density at radius 3 is 1.69 bits per heavy atom. The normalized spacial score (nSPS) is 12.9. The van der Waals surface area contributed by atoms with Gasteiger partial charge in [-0.2, -0.15) is 0 Å². The maximum Gasteiger partial charge on any atom is 0.143 e. The molecule has 0 bridgehead atoms. The zero-order valence-corrected chi connectivity index (χ0v) is 34.1. The van der Waals surface area contributed by atoms with E-state index in [4.69, 9.17) is 4.42 Å². The molecule has 0 spiro atoms. The molecule has 0 saturated heterocycles. The molecular weight excluding hydrogens is 739 g/mol. The average Bonchev–Trinajstić information content (AvgIpc) is 3.80. The number of nitrogens with zero attached hydrogens (tertiary/aromatic N) is 1. The predicted octanol–water partition coefficient (Wildman–Crippen LogP) is 16.7. The van der Waals surface area contributed by atoms with E-state index in [9.17, 15) is 0 Å². The lowest BCUT2D eigenvalue weighted by molar-refractivity contribution is 0.662. The second-order valence-electron chi connectivity index (χ2n) is 16.9. The Balaban J connectivity index is 1.02. The van der Waals surface area contributed by atoms with E-state index in [1.807, 2.05) is 0 Å². The van der Waals surface area contributed by atoms with Crippen LogP contribution in [0.25, 0.3) is 88.0 Å². The van der Waals surface area contributed by atoms with Crippen LogP contribution in [0.1, 0.15) is 25.0 Å². The third-order valence-electron chi connectivity index (χ3n) is 13.0. The van der Waals surface area contributed by atoms with E-state index in [0.717, 1.165) is 50.1 Å². The lowest BCUT2D eigenvalue weighted by atomic mass is 9.79. The van der Waals surface area contributed by atoms with Gasteiger partial charge in [0, 0.05) is 38.7 Å². The summed E-state index contributed by atoms with van der Waals surface area (Å²) in [5, 5.41) is 7.11. The molecule has 11 aromatic rings. The predicted molar refractivity (Wildman–Crippen MR) is 257 cm³/mol. The third kappa shape index (κ3) is 5.56. The van der Waals surface area contributed by atoms with Crippen LogP contribution in [0.5, 0.6) is 0 Å². The molecule has 1 heterocycles. The van der Waals surface area contributed by atoms with E-state index < -0.39 is 0 Å². The second kappa shape index (κ2) is 13.7. The van der Waals surface area contributed by atoms with Crippen LogP contribution < -0.4 is 4.90 Å². The standard InChI is InChI=1S/C59H41NO/c1-59(2)54-26-9-7-19-48(54)50-23-12-22-47(57(50)59)40-30-34-44(35-31-40)60(43-32-28-39(29-33-43)46-21-11-17-38-14-5-6-18-45(38)46)55-27-10-8-20-49(55)51-24-13-25-52-53-36-41-15-3-4-16-42(41)37-56(53)61-58(51)52/h3-37H,1-2H3. The van der Waals surface area contributed by atoms with Crippen LogP contribution in [0, 0.1) is 0 Å². The van der Waals surface area contributed by atoms with Gasteiger partial charge >= 0.3 is 0 Å². The summed E-state index contributed by atoms with van der Waals surface area (Å²) in [4.78, 5) is 2.40. The van der Waals surface area contributed by atoms with E-state index in [-0.39, 0.29) is 5.41 Å². The molecule has 0 unspecified atom stereocenters. The monoisotopic (exact) mass is 779 g/mol. The topological polar surface area (TPSA) is 16.4 Å². The van der Waals surface area contributed by atoms with Crippen LogP contribution in [-0.2, 0) is 5.41 Å². The van der Waals surface area contributed by atoms with Gasteiger partial charge in [-0.25, -0.2) is 0 Å². The minimum atomic E-state index is -0.109. The molecule has 12 rings (SSSR count). The summed E-state index contributed by atoms with van der Waals surface area (Å²) in [7, 11) is 0. The quantitative estimate of drug-likeness (QED) is 0.167. The van der Waals surface area contributed by atoms with Crippen molar-refractivity contribution in [1.82, 2.24) is 0 Å². The zero-order chi connectivity index (χ0) is 40.7. The maximum atomic E-state index is 6.81. The molecule has 1 aromatic heterocycles. The van der Waals surface area contributed by atoms with Gasteiger partial charge in [0.05, 0.1) is 5.69 Å². The number of anilines is 3. The minimum absolute atomic E-state index is 0.109. The first-order valence-electron chi connectivity index (χ1n) is 21.2. The fourth-order valence-electron chi connectivity index (χ4n) is 10.2. The van der Waals surface area contributed by atoms with Gasteiger partial charge in [-0.05, 0) is 109 Å². The van der Waals surface area contributed by atoms with Crippen LogP contribution >= 0.6 is 0 Å². The van der Waals surface area contributed by atoms with Crippen molar-refractivity contribution in [3.63, 3.8) is 0 Å². The molecule has 0 radical (unpaired) electrons. The van der Waals surface area contributed by atoms with E-state index >= 15 is 0 Å². The summed E-state index contributed by atoms with van der Waals surface area (Å²) in [5.41, 5.74) is 17.4. The van der Waals surface area contributed by atoms with Crippen LogP contribution in [0.4, 0.5) is 17.1 Å². The SMILES string of the molecule is CC1(C)c2ccccc2-c2cccc(-c3ccc(N(c4ccc(-c5cccc6ccccc56)cc4)c4ccccc4-c4cccc5c4oc4cc6ccccc6cc45)cc3)c21. The van der Waals surface area contributed by atoms with Crippen molar-refractivity contribution in [2.75, 3.05) is 4.90 Å². The number of benzene rings is 10. The Kier molecular flexibility index (Phi) is 7.92. The highest BCUT2D eigenvalue weighted by Gasteiger charge is 2.37. The van der Waals surface area contributed by atoms with Crippen LogP contribution in [0.15, 0.2) is 217 Å². The molecular formula is C59H41NO. The Bertz CT molecular complexity index is 3490. The lowest BCUT2D eigenvalue weighted by Crippen LogP contribution is -2.16. The summed E-state index contributed by atoms with van der Waals surface area (Å²) in [6.45, 7) is 4.72. The van der Waals surface area contributed by atoms with Gasteiger partial charge in [0.2, 0.25) is 0 Å². The van der Waals surface area contributed by atoms with Gasteiger partial charge < -0.3 is 9.32 Å². The fourth-order valence-corrected chi connectivity index (χ4v) is 10.2. The highest BCUT2D eigenvalue weighted by molar-refractivity contribution is 6.14. The molecule has 1 aliphatic carbocycles. The van der Waals surface area contributed by atoms with E-state index in [0.29, 0.717) is 0 Å². The summed E-state index contributed by atoms with van der Waals surface area (Å²) < 4.78 is 6.81. The highest BCUT2D eigenvalue weighted by Crippen LogP contribution is 2.52. The molecule has 0 amide bonds.